The second kappa shape index (κ2) is 4.32. The molecule has 0 saturated heterocycles. The van der Waals surface area contributed by atoms with Gasteiger partial charge in [-0.25, -0.2) is 0 Å². The lowest BCUT2D eigenvalue weighted by Crippen LogP contribution is -2.07. The predicted molar refractivity (Wildman–Crippen MR) is 62.9 cm³/mol. The van der Waals surface area contributed by atoms with Gasteiger partial charge in [0.2, 0.25) is 11.9 Å². The van der Waals surface area contributed by atoms with Gasteiger partial charge in [-0.2, -0.15) is 15.0 Å². The monoisotopic (exact) mass is 235 g/mol. The van der Waals surface area contributed by atoms with E-state index in [2.05, 4.69) is 15.0 Å². The number of benzene rings is 1. The van der Waals surface area contributed by atoms with Crippen molar-refractivity contribution in [2.24, 2.45) is 0 Å². The zero-order chi connectivity index (χ0) is 11.5. The Hall–Kier alpha value is -1.88. The van der Waals surface area contributed by atoms with Crippen LogP contribution in [0.1, 0.15) is 11.4 Å². The highest BCUT2D eigenvalue weighted by atomic mass is 35.5. The van der Waals surface area contributed by atoms with Gasteiger partial charge in [-0.3, -0.25) is 0 Å². The molecule has 2 aromatic rings. The lowest BCUT2D eigenvalue weighted by atomic mass is 10.1. The molecule has 5 nitrogen and oxygen atoms in total. The molecule has 0 aliphatic carbocycles. The van der Waals surface area contributed by atoms with Gasteiger partial charge in [0.25, 0.3) is 0 Å². The molecule has 1 aromatic carbocycles. The Morgan fingerprint density at radius 1 is 1.00 bits per heavy atom. The molecule has 82 valence electrons. The van der Waals surface area contributed by atoms with Crippen molar-refractivity contribution in [1.29, 1.82) is 0 Å². The van der Waals surface area contributed by atoms with Crippen molar-refractivity contribution < 1.29 is 0 Å². The predicted octanol–water partition coefficient (Wildman–Crippen LogP) is 1.28. The molecule has 0 amide bonds. The summed E-state index contributed by atoms with van der Waals surface area (Å²) >= 11 is 6.02. The Morgan fingerprint density at radius 2 is 1.62 bits per heavy atom. The molecular weight excluding hydrogens is 226 g/mol. The fourth-order valence-electron chi connectivity index (χ4n) is 1.35. The Balaban J connectivity index is 2.30. The first-order valence-corrected chi connectivity index (χ1v) is 5.02. The minimum absolute atomic E-state index is 0.120. The number of halogens is 1. The van der Waals surface area contributed by atoms with Gasteiger partial charge in [0.15, 0.2) is 0 Å². The van der Waals surface area contributed by atoms with Crippen LogP contribution in [0.3, 0.4) is 0 Å². The number of aromatic nitrogens is 3. The summed E-state index contributed by atoms with van der Waals surface area (Å²) in [6, 6.07) is 7.47. The average Bonchev–Trinajstić information content (AvgIpc) is 2.20. The van der Waals surface area contributed by atoms with E-state index in [4.69, 9.17) is 23.1 Å². The lowest BCUT2D eigenvalue weighted by Gasteiger charge is -2.03. The molecule has 0 unspecified atom stereocenters. The molecule has 0 aliphatic heterocycles. The van der Waals surface area contributed by atoms with E-state index in [0.717, 1.165) is 5.56 Å². The molecule has 1 heterocycles. The Morgan fingerprint density at radius 3 is 2.25 bits per heavy atom. The highest BCUT2D eigenvalue weighted by Gasteiger charge is 2.05. The van der Waals surface area contributed by atoms with Crippen molar-refractivity contribution in [1.82, 2.24) is 15.0 Å². The number of nitrogens with two attached hydrogens (primary N) is 2. The number of hydrogen-bond acceptors (Lipinski definition) is 5. The largest absolute Gasteiger partial charge is 0.368 e. The van der Waals surface area contributed by atoms with Crippen LogP contribution >= 0.6 is 11.6 Å². The lowest BCUT2D eigenvalue weighted by molar-refractivity contribution is 0.939. The minimum atomic E-state index is 0.120. The molecule has 0 fully saturated rings. The molecule has 0 bridgehead atoms. The van der Waals surface area contributed by atoms with Gasteiger partial charge in [0.1, 0.15) is 5.82 Å². The fourth-order valence-corrected chi connectivity index (χ4v) is 1.55. The Labute approximate surface area is 97.5 Å². The number of rotatable bonds is 2. The smallest absolute Gasteiger partial charge is 0.225 e. The van der Waals surface area contributed by atoms with Crippen LogP contribution in [0.2, 0.25) is 5.02 Å². The van der Waals surface area contributed by atoms with E-state index in [1.165, 1.54) is 0 Å². The fraction of sp³-hybridized carbons (Fsp3) is 0.100. The van der Waals surface area contributed by atoms with Crippen LogP contribution in [-0.4, -0.2) is 15.0 Å². The zero-order valence-electron chi connectivity index (χ0n) is 8.39. The molecule has 0 saturated carbocycles. The Kier molecular flexibility index (Phi) is 2.87. The van der Waals surface area contributed by atoms with Crippen LogP contribution in [-0.2, 0) is 6.42 Å². The van der Waals surface area contributed by atoms with Crippen molar-refractivity contribution in [2.45, 2.75) is 6.42 Å². The summed E-state index contributed by atoms with van der Waals surface area (Å²) in [7, 11) is 0. The Bertz CT molecular complexity index is 494. The van der Waals surface area contributed by atoms with E-state index in [9.17, 15) is 0 Å². The normalized spacial score (nSPS) is 10.3. The van der Waals surface area contributed by atoms with Crippen molar-refractivity contribution in [3.05, 3.63) is 40.7 Å². The quantitative estimate of drug-likeness (QED) is 0.818. The number of nitrogen functional groups attached to an aromatic ring is 2. The summed E-state index contributed by atoms with van der Waals surface area (Å²) in [5, 5.41) is 0.667. The maximum absolute atomic E-state index is 6.02. The number of nitrogens with zero attached hydrogens (tertiary/aromatic N) is 3. The van der Waals surface area contributed by atoms with Gasteiger partial charge >= 0.3 is 0 Å². The summed E-state index contributed by atoms with van der Waals surface area (Å²) in [4.78, 5) is 11.7. The third kappa shape index (κ3) is 2.38. The van der Waals surface area contributed by atoms with E-state index in [0.29, 0.717) is 17.3 Å². The van der Waals surface area contributed by atoms with Gasteiger partial charge in [0.05, 0.1) is 0 Å². The molecule has 16 heavy (non-hydrogen) atoms. The van der Waals surface area contributed by atoms with Crippen molar-refractivity contribution in [3.8, 4) is 0 Å². The summed E-state index contributed by atoms with van der Waals surface area (Å²) in [5.74, 6) is 0.752. The first-order chi connectivity index (χ1) is 7.65. The maximum atomic E-state index is 6.02. The molecule has 0 atom stereocenters. The summed E-state index contributed by atoms with van der Waals surface area (Å²) in [6.45, 7) is 0. The molecular formula is C10H10ClN5. The van der Waals surface area contributed by atoms with Crippen molar-refractivity contribution >= 4 is 23.5 Å². The van der Waals surface area contributed by atoms with Crippen LogP contribution in [0.25, 0.3) is 0 Å². The minimum Gasteiger partial charge on any atom is -0.368 e. The van der Waals surface area contributed by atoms with Gasteiger partial charge < -0.3 is 11.5 Å². The first-order valence-electron chi connectivity index (χ1n) is 4.64. The van der Waals surface area contributed by atoms with Crippen LogP contribution in [0.5, 0.6) is 0 Å². The first kappa shape index (κ1) is 10.6. The van der Waals surface area contributed by atoms with Crippen LogP contribution < -0.4 is 11.5 Å². The summed E-state index contributed by atoms with van der Waals surface area (Å²) in [6.07, 6.45) is 0.483. The molecule has 6 heteroatoms. The number of hydrogen-bond donors (Lipinski definition) is 2. The third-order valence-corrected chi connectivity index (χ3v) is 2.39. The van der Waals surface area contributed by atoms with Gasteiger partial charge in [-0.1, -0.05) is 29.8 Å². The molecule has 0 radical (unpaired) electrons. The molecule has 1 aromatic heterocycles. The molecule has 2 rings (SSSR count). The third-order valence-electron chi connectivity index (χ3n) is 2.02. The summed E-state index contributed by atoms with van der Waals surface area (Å²) < 4.78 is 0. The van der Waals surface area contributed by atoms with Crippen LogP contribution in [0.4, 0.5) is 11.9 Å². The van der Waals surface area contributed by atoms with Crippen LogP contribution in [0, 0.1) is 0 Å². The molecule has 0 spiro atoms. The second-order valence-electron chi connectivity index (χ2n) is 3.24. The topological polar surface area (TPSA) is 90.7 Å². The molecule has 0 aliphatic rings. The average molecular weight is 236 g/mol. The summed E-state index contributed by atoms with van der Waals surface area (Å²) in [5.41, 5.74) is 11.9. The standard InChI is InChI=1S/C10H10ClN5/c11-7-4-2-1-3-6(7)5-8-14-9(12)16-10(13)15-8/h1-4H,5H2,(H4,12,13,14,15,16). The molecule has 4 N–H and O–H groups in total. The van der Waals surface area contributed by atoms with Gasteiger partial charge in [-0.15, -0.1) is 0 Å². The SMILES string of the molecule is Nc1nc(N)nc(Cc2ccccc2Cl)n1. The van der Waals surface area contributed by atoms with E-state index in [1.807, 2.05) is 24.3 Å². The van der Waals surface area contributed by atoms with Crippen molar-refractivity contribution in [2.75, 3.05) is 11.5 Å². The van der Waals surface area contributed by atoms with E-state index < -0.39 is 0 Å². The highest BCUT2D eigenvalue weighted by Crippen LogP contribution is 2.17. The van der Waals surface area contributed by atoms with E-state index in [1.54, 1.807) is 0 Å². The zero-order valence-corrected chi connectivity index (χ0v) is 9.15. The van der Waals surface area contributed by atoms with E-state index >= 15 is 0 Å². The highest BCUT2D eigenvalue weighted by molar-refractivity contribution is 6.31. The van der Waals surface area contributed by atoms with Gasteiger partial charge in [-0.05, 0) is 11.6 Å². The van der Waals surface area contributed by atoms with Gasteiger partial charge in [0, 0.05) is 11.4 Å². The van der Waals surface area contributed by atoms with Crippen LogP contribution in [0.15, 0.2) is 24.3 Å². The number of anilines is 2. The van der Waals surface area contributed by atoms with Crippen molar-refractivity contribution in [3.63, 3.8) is 0 Å². The maximum Gasteiger partial charge on any atom is 0.225 e. The van der Waals surface area contributed by atoms with E-state index in [-0.39, 0.29) is 11.9 Å². The second-order valence-corrected chi connectivity index (χ2v) is 3.64.